The quantitative estimate of drug-likeness (QED) is 0.282. The molecule has 0 fully saturated rings. The van der Waals surface area contributed by atoms with Crippen molar-refractivity contribution < 1.29 is 61.3 Å². The summed E-state index contributed by atoms with van der Waals surface area (Å²) in [5.74, 6) is -2.47. The average molecular weight is 390 g/mol. The Hall–Kier alpha value is -0.377. The van der Waals surface area contributed by atoms with Crippen LogP contribution >= 0.6 is 0 Å². The number of aliphatic hydroxyl groups is 3. The molecule has 0 aromatic carbocycles. The van der Waals surface area contributed by atoms with E-state index in [1.807, 2.05) is 0 Å². The third-order valence-electron chi connectivity index (χ3n) is 0.972. The van der Waals surface area contributed by atoms with Crippen molar-refractivity contribution >= 4 is 11.9 Å². The molecule has 0 saturated heterocycles. The van der Waals surface area contributed by atoms with Crippen LogP contribution in [-0.2, 0) is 35.8 Å². The number of nitrogens with two attached hydrogens (primary N) is 1. The molecule has 0 rings (SSSR count). The Balaban J connectivity index is -0.0000000432. The van der Waals surface area contributed by atoms with Gasteiger partial charge in [0.1, 0.15) is 0 Å². The second kappa shape index (κ2) is 36.7. The molecule has 0 aromatic rings. The minimum Gasteiger partial charge on any atom is -0.548 e. The van der Waals surface area contributed by atoms with Gasteiger partial charge in [-0.3, -0.25) is 4.79 Å². The first-order valence-corrected chi connectivity index (χ1v) is 5.17. The van der Waals surface area contributed by atoms with Crippen molar-refractivity contribution in [1.29, 1.82) is 0 Å². The molecule has 21 heavy (non-hydrogen) atoms. The van der Waals surface area contributed by atoms with E-state index in [0.29, 0.717) is 0 Å². The summed E-state index contributed by atoms with van der Waals surface area (Å²) in [6, 6.07) is -1.17. The second-order valence-corrected chi connectivity index (χ2v) is 2.53. The molecule has 1 atom stereocenters. The fraction of sp³-hybridized carbons (Fsp3) is 0.545. The van der Waals surface area contributed by atoms with E-state index in [1.54, 1.807) is 0 Å². The molecule has 10 heteroatoms. The van der Waals surface area contributed by atoms with Gasteiger partial charge in [0.15, 0.2) is 0 Å². The Morgan fingerprint density at radius 2 is 1.29 bits per heavy atom. The van der Waals surface area contributed by atoms with Crippen LogP contribution in [0.1, 0.15) is 12.8 Å². The molecule has 9 N–H and O–H groups in total. The zero-order chi connectivity index (χ0) is 16.3. The number of hydrogen-bond donors (Lipinski definition) is 6. The van der Waals surface area contributed by atoms with E-state index < -0.39 is 18.0 Å². The molecule has 0 amide bonds. The summed E-state index contributed by atoms with van der Waals surface area (Å²) in [6.07, 6.45) is -0.327. The van der Waals surface area contributed by atoms with Crippen LogP contribution in [-0.4, -0.2) is 58.2 Å². The maximum absolute atomic E-state index is 9.88. The van der Waals surface area contributed by atoms with Crippen LogP contribution in [0.4, 0.5) is 0 Å². The van der Waals surface area contributed by atoms with E-state index in [4.69, 9.17) is 26.2 Å². The van der Waals surface area contributed by atoms with Gasteiger partial charge in [-0.25, -0.2) is 0 Å². The van der Waals surface area contributed by atoms with Crippen LogP contribution in [0.2, 0.25) is 0 Å². The molecule has 9 nitrogen and oxygen atoms in total. The van der Waals surface area contributed by atoms with E-state index in [2.05, 4.69) is 20.8 Å². The third kappa shape index (κ3) is 82.0. The van der Waals surface area contributed by atoms with Gasteiger partial charge in [-0.2, -0.15) is 0 Å². The molecule has 0 aliphatic carbocycles. The van der Waals surface area contributed by atoms with Gasteiger partial charge < -0.3 is 63.0 Å². The number of carbonyl (C=O) groups is 2. The largest absolute Gasteiger partial charge is 4.00 e. The molecule has 0 saturated carbocycles. The van der Waals surface area contributed by atoms with Crippen molar-refractivity contribution in [3.8, 4) is 0 Å². The Kier molecular flexibility index (Phi) is 64.9. The summed E-state index contributed by atoms with van der Waals surface area (Å²) in [5.41, 5.74) is 4.94. The van der Waals surface area contributed by atoms with Gasteiger partial charge in [-0.05, 0) is 6.42 Å². The number of rotatable bonds is 4. The SMILES string of the molecule is N.N[C@@H](CCC(=O)O)C(=O)[O-].[CH2-]CO.[CH2-]CO.[CH2-]CO.[Zr+4]. The number of carbonyl (C=O) groups excluding carboxylic acids is 1. The summed E-state index contributed by atoms with van der Waals surface area (Å²) >= 11 is 0. The van der Waals surface area contributed by atoms with Crippen molar-refractivity contribution in [3.05, 3.63) is 20.8 Å². The summed E-state index contributed by atoms with van der Waals surface area (Å²) in [6.45, 7) is 9.12. The van der Waals surface area contributed by atoms with Crippen molar-refractivity contribution in [3.63, 3.8) is 0 Å². The predicted molar refractivity (Wildman–Crippen MR) is 72.2 cm³/mol. The molecule has 0 aliphatic heterocycles. The Bertz CT molecular complexity index is 193. The zero-order valence-electron chi connectivity index (χ0n) is 12.0. The van der Waals surface area contributed by atoms with Crippen LogP contribution in [0.15, 0.2) is 0 Å². The molecule has 0 spiro atoms. The zero-order valence-corrected chi connectivity index (χ0v) is 14.5. The van der Waals surface area contributed by atoms with Gasteiger partial charge in [0.2, 0.25) is 0 Å². The molecule has 0 heterocycles. The summed E-state index contributed by atoms with van der Waals surface area (Å²) in [5, 5.41) is 40.3. The molecular weight excluding hydrogens is 363 g/mol. The van der Waals surface area contributed by atoms with Crippen LogP contribution in [0.25, 0.3) is 0 Å². The van der Waals surface area contributed by atoms with Gasteiger partial charge in [-0.15, -0.1) is 0 Å². The van der Waals surface area contributed by atoms with Crippen LogP contribution in [0.3, 0.4) is 0 Å². The van der Waals surface area contributed by atoms with E-state index in [-0.39, 0.29) is 65.0 Å². The average Bonchev–Trinajstić information content (AvgIpc) is 2.28. The molecule has 126 valence electrons. The standard InChI is InChI=1S/C5H9NO4.3C2H5O.H3N.Zr/c6-3(5(9)10)1-2-4(7)8;3*1-2-3;;/h3H,1-2,6H2,(H,7,8)(H,9,10);3*3H,1-2H2;1H3;/q;3*-1;;+4/p-1/t3-;;;;;/m0...../s1. The number of aliphatic hydroxyl groups excluding tert-OH is 3. The fourth-order valence-electron chi connectivity index (χ4n) is 0.397. The summed E-state index contributed by atoms with van der Waals surface area (Å²) in [7, 11) is 0. The number of carboxylic acids is 2. The number of hydrogen-bond acceptors (Lipinski definition) is 8. The van der Waals surface area contributed by atoms with E-state index in [1.165, 1.54) is 0 Å². The van der Waals surface area contributed by atoms with Crippen molar-refractivity contribution in [2.75, 3.05) is 19.8 Å². The summed E-state index contributed by atoms with van der Waals surface area (Å²) in [4.78, 5) is 19.7. The van der Waals surface area contributed by atoms with Gasteiger partial charge >= 0.3 is 32.2 Å². The normalized spacial score (nSPS) is 8.52. The van der Waals surface area contributed by atoms with Crippen molar-refractivity contribution in [2.24, 2.45) is 5.73 Å². The monoisotopic (exact) mass is 388 g/mol. The Labute approximate surface area is 144 Å². The first kappa shape index (κ1) is 37.1. The first-order chi connectivity index (χ1) is 8.78. The fourth-order valence-corrected chi connectivity index (χ4v) is 0.397. The van der Waals surface area contributed by atoms with Gasteiger partial charge in [0.25, 0.3) is 0 Å². The Morgan fingerprint density at radius 1 is 1.05 bits per heavy atom. The molecule has 0 aromatic heterocycles. The summed E-state index contributed by atoms with van der Waals surface area (Å²) < 4.78 is 0. The molecule has 0 bridgehead atoms. The van der Waals surface area contributed by atoms with Gasteiger partial charge in [-0.1, -0.05) is 19.8 Å². The maximum Gasteiger partial charge on any atom is 4.00 e. The second-order valence-electron chi connectivity index (χ2n) is 2.53. The van der Waals surface area contributed by atoms with E-state index in [9.17, 15) is 14.7 Å². The maximum atomic E-state index is 9.88. The molecule has 0 aliphatic rings. The third-order valence-corrected chi connectivity index (χ3v) is 0.972. The molecule has 0 radical (unpaired) electrons. The molecular formula is C11H26N2O7Zr. The predicted octanol–water partition coefficient (Wildman–Crippen LogP) is -2.47. The topological polar surface area (TPSA) is 199 Å². The minimum absolute atomic E-state index is 0. The van der Waals surface area contributed by atoms with Gasteiger partial charge in [0.05, 0.1) is 5.97 Å². The van der Waals surface area contributed by atoms with Crippen molar-refractivity contribution in [1.82, 2.24) is 6.15 Å². The molecule has 0 unspecified atom stereocenters. The minimum atomic E-state index is -1.42. The number of carboxylic acid groups (broad SMARTS) is 2. The van der Waals surface area contributed by atoms with Crippen molar-refractivity contribution in [2.45, 2.75) is 18.9 Å². The number of aliphatic carboxylic acids is 2. The van der Waals surface area contributed by atoms with E-state index >= 15 is 0 Å². The van der Waals surface area contributed by atoms with E-state index in [0.717, 1.165) is 0 Å². The van der Waals surface area contributed by atoms with Crippen LogP contribution < -0.4 is 17.0 Å². The smallest absolute Gasteiger partial charge is 0.548 e. The van der Waals surface area contributed by atoms with Crippen LogP contribution in [0.5, 0.6) is 0 Å². The van der Waals surface area contributed by atoms with Crippen LogP contribution in [0, 0.1) is 20.8 Å². The first-order valence-electron chi connectivity index (χ1n) is 5.17. The Morgan fingerprint density at radius 3 is 1.43 bits per heavy atom. The van der Waals surface area contributed by atoms with Gasteiger partial charge in [0, 0.05) is 12.5 Å².